The molecule has 0 aromatic carbocycles. The van der Waals surface area contributed by atoms with Gasteiger partial charge in [0.05, 0.1) is 12.0 Å². The quantitative estimate of drug-likeness (QED) is 0.832. The number of rotatable bonds is 4. The second-order valence-corrected chi connectivity index (χ2v) is 5.69. The lowest BCUT2D eigenvalue weighted by Crippen LogP contribution is -2.45. The van der Waals surface area contributed by atoms with Gasteiger partial charge in [0.15, 0.2) is 0 Å². The minimum absolute atomic E-state index is 0.1000. The number of aliphatic carboxylic acids is 1. The van der Waals surface area contributed by atoms with Crippen LogP contribution in [0.15, 0.2) is 18.3 Å². The Morgan fingerprint density at radius 3 is 2.58 bits per heavy atom. The fourth-order valence-electron chi connectivity index (χ4n) is 1.54. The van der Waals surface area contributed by atoms with Crippen LogP contribution in [-0.2, 0) is 4.79 Å². The molecule has 1 aromatic heterocycles. The minimum Gasteiger partial charge on any atom is -0.481 e. The van der Waals surface area contributed by atoms with Gasteiger partial charge in [-0.3, -0.25) is 9.59 Å². The van der Waals surface area contributed by atoms with E-state index in [0.29, 0.717) is 0 Å². The van der Waals surface area contributed by atoms with Gasteiger partial charge in [0.1, 0.15) is 5.15 Å². The van der Waals surface area contributed by atoms with Crippen molar-refractivity contribution in [1.29, 1.82) is 0 Å². The third kappa shape index (κ3) is 4.52. The summed E-state index contributed by atoms with van der Waals surface area (Å²) in [4.78, 5) is 26.7. The average Bonchev–Trinajstić information content (AvgIpc) is 2.26. The van der Waals surface area contributed by atoms with Crippen LogP contribution < -0.4 is 5.32 Å². The van der Waals surface area contributed by atoms with E-state index in [2.05, 4.69) is 10.3 Å². The zero-order chi connectivity index (χ0) is 14.6. The number of carboxylic acid groups (broad SMARTS) is 1. The van der Waals surface area contributed by atoms with Crippen molar-refractivity contribution in [3.8, 4) is 0 Å². The SMILES string of the molecule is CC(C)(C)C(CC(=O)O)NC(=O)c1cccnc1Cl. The van der Waals surface area contributed by atoms with Crippen LogP contribution in [0.5, 0.6) is 0 Å². The molecule has 0 fully saturated rings. The fourth-order valence-corrected chi connectivity index (χ4v) is 1.74. The van der Waals surface area contributed by atoms with Crippen LogP contribution in [0.2, 0.25) is 5.15 Å². The Kier molecular flexibility index (Phi) is 4.89. The van der Waals surface area contributed by atoms with Crippen molar-refractivity contribution in [3.05, 3.63) is 29.0 Å². The van der Waals surface area contributed by atoms with Crippen LogP contribution in [-0.4, -0.2) is 28.0 Å². The topological polar surface area (TPSA) is 79.3 Å². The summed E-state index contributed by atoms with van der Waals surface area (Å²) in [6, 6.07) is 2.66. The molecule has 0 saturated carbocycles. The first-order valence-corrected chi connectivity index (χ1v) is 6.23. The summed E-state index contributed by atoms with van der Waals surface area (Å²) >= 11 is 5.83. The summed E-state index contributed by atoms with van der Waals surface area (Å²) in [5.74, 6) is -1.38. The van der Waals surface area contributed by atoms with E-state index >= 15 is 0 Å². The molecular formula is C13H17ClN2O3. The van der Waals surface area contributed by atoms with Gasteiger partial charge in [0, 0.05) is 12.2 Å². The smallest absolute Gasteiger partial charge is 0.305 e. The highest BCUT2D eigenvalue weighted by Crippen LogP contribution is 2.23. The Labute approximate surface area is 117 Å². The number of nitrogens with one attached hydrogen (secondary N) is 1. The molecule has 0 bridgehead atoms. The maximum atomic E-state index is 12.1. The van der Waals surface area contributed by atoms with Gasteiger partial charge in [-0.05, 0) is 17.5 Å². The summed E-state index contributed by atoms with van der Waals surface area (Å²) in [6.45, 7) is 5.60. The standard InChI is InChI=1S/C13H17ClN2O3/c1-13(2,3)9(7-10(17)18)16-12(19)8-5-4-6-15-11(8)14/h4-6,9H,7H2,1-3H3,(H,16,19)(H,17,18). The minimum atomic E-state index is -0.961. The normalized spacial score (nSPS) is 12.8. The number of halogens is 1. The third-order valence-corrected chi connectivity index (χ3v) is 3.03. The first kappa shape index (κ1) is 15.4. The van der Waals surface area contributed by atoms with E-state index in [9.17, 15) is 9.59 Å². The number of hydrogen-bond acceptors (Lipinski definition) is 3. The van der Waals surface area contributed by atoms with Crippen LogP contribution in [0.3, 0.4) is 0 Å². The molecule has 0 aliphatic rings. The molecule has 0 radical (unpaired) electrons. The zero-order valence-corrected chi connectivity index (χ0v) is 11.9. The summed E-state index contributed by atoms with van der Waals surface area (Å²) in [5, 5.41) is 11.7. The van der Waals surface area contributed by atoms with E-state index in [1.165, 1.54) is 6.20 Å². The number of hydrogen-bond donors (Lipinski definition) is 2. The summed E-state index contributed by atoms with van der Waals surface area (Å²) < 4.78 is 0. The van der Waals surface area contributed by atoms with Gasteiger partial charge >= 0.3 is 5.97 Å². The van der Waals surface area contributed by atoms with Gasteiger partial charge in [-0.1, -0.05) is 32.4 Å². The molecule has 1 unspecified atom stereocenters. The summed E-state index contributed by atoms with van der Waals surface area (Å²) in [5.41, 5.74) is -0.133. The van der Waals surface area contributed by atoms with E-state index < -0.39 is 17.9 Å². The first-order valence-electron chi connectivity index (χ1n) is 5.85. The summed E-state index contributed by atoms with van der Waals surface area (Å²) in [7, 11) is 0. The molecule has 0 spiro atoms. The fraction of sp³-hybridized carbons (Fsp3) is 0.462. The Morgan fingerprint density at radius 1 is 1.47 bits per heavy atom. The molecule has 1 amide bonds. The molecule has 0 saturated heterocycles. The Balaban J connectivity index is 2.88. The molecule has 1 atom stereocenters. The van der Waals surface area contributed by atoms with E-state index in [1.807, 2.05) is 20.8 Å². The number of carbonyl (C=O) groups excluding carboxylic acids is 1. The van der Waals surface area contributed by atoms with Crippen LogP contribution >= 0.6 is 11.6 Å². The molecule has 0 aliphatic heterocycles. The Bertz CT molecular complexity index is 483. The molecule has 6 heteroatoms. The highest BCUT2D eigenvalue weighted by Gasteiger charge is 2.29. The van der Waals surface area contributed by atoms with Crippen molar-refractivity contribution in [1.82, 2.24) is 10.3 Å². The van der Waals surface area contributed by atoms with E-state index in [0.717, 1.165) is 0 Å². The lowest BCUT2D eigenvalue weighted by molar-refractivity contribution is -0.138. The first-order chi connectivity index (χ1) is 8.71. The van der Waals surface area contributed by atoms with Gasteiger partial charge in [-0.2, -0.15) is 0 Å². The number of pyridine rings is 1. The predicted octanol–water partition coefficient (Wildman–Crippen LogP) is 2.35. The highest BCUT2D eigenvalue weighted by atomic mass is 35.5. The molecule has 1 heterocycles. The number of amides is 1. The summed E-state index contributed by atoms with van der Waals surface area (Å²) in [6.07, 6.45) is 1.34. The Hall–Kier alpha value is -1.62. The number of carboxylic acids is 1. The maximum Gasteiger partial charge on any atom is 0.305 e. The van der Waals surface area contributed by atoms with Gasteiger partial charge in [0.2, 0.25) is 0 Å². The van der Waals surface area contributed by atoms with Gasteiger partial charge in [-0.25, -0.2) is 4.98 Å². The maximum absolute atomic E-state index is 12.1. The van der Waals surface area contributed by atoms with Crippen LogP contribution in [0.25, 0.3) is 0 Å². The number of nitrogens with zero attached hydrogens (tertiary/aromatic N) is 1. The zero-order valence-electron chi connectivity index (χ0n) is 11.1. The monoisotopic (exact) mass is 284 g/mol. The molecular weight excluding hydrogens is 268 g/mol. The van der Waals surface area contributed by atoms with Crippen LogP contribution in [0.4, 0.5) is 0 Å². The van der Waals surface area contributed by atoms with E-state index in [4.69, 9.17) is 16.7 Å². The van der Waals surface area contributed by atoms with E-state index in [-0.39, 0.29) is 22.6 Å². The van der Waals surface area contributed by atoms with Gasteiger partial charge in [0.25, 0.3) is 5.91 Å². The molecule has 19 heavy (non-hydrogen) atoms. The average molecular weight is 285 g/mol. The second-order valence-electron chi connectivity index (χ2n) is 5.33. The van der Waals surface area contributed by atoms with E-state index in [1.54, 1.807) is 12.1 Å². The van der Waals surface area contributed by atoms with Crippen LogP contribution in [0, 0.1) is 5.41 Å². The lowest BCUT2D eigenvalue weighted by Gasteiger charge is -2.30. The number of carbonyl (C=O) groups is 2. The molecule has 104 valence electrons. The Morgan fingerprint density at radius 2 is 2.11 bits per heavy atom. The third-order valence-electron chi connectivity index (χ3n) is 2.73. The van der Waals surface area contributed by atoms with Crippen molar-refractivity contribution in [2.45, 2.75) is 33.2 Å². The van der Waals surface area contributed by atoms with Crippen molar-refractivity contribution in [2.75, 3.05) is 0 Å². The van der Waals surface area contributed by atoms with Crippen molar-refractivity contribution < 1.29 is 14.7 Å². The molecule has 2 N–H and O–H groups in total. The van der Waals surface area contributed by atoms with Crippen molar-refractivity contribution in [3.63, 3.8) is 0 Å². The van der Waals surface area contributed by atoms with Crippen molar-refractivity contribution in [2.24, 2.45) is 5.41 Å². The lowest BCUT2D eigenvalue weighted by atomic mass is 9.84. The molecule has 1 aromatic rings. The van der Waals surface area contributed by atoms with Crippen LogP contribution in [0.1, 0.15) is 37.6 Å². The molecule has 0 aliphatic carbocycles. The second kappa shape index (κ2) is 6.02. The van der Waals surface area contributed by atoms with Gasteiger partial charge < -0.3 is 10.4 Å². The largest absolute Gasteiger partial charge is 0.481 e. The molecule has 5 nitrogen and oxygen atoms in total. The predicted molar refractivity (Wildman–Crippen MR) is 72.2 cm³/mol. The highest BCUT2D eigenvalue weighted by molar-refractivity contribution is 6.32. The number of aromatic nitrogens is 1. The molecule has 1 rings (SSSR count). The van der Waals surface area contributed by atoms with Crippen molar-refractivity contribution >= 4 is 23.5 Å². The van der Waals surface area contributed by atoms with Gasteiger partial charge in [-0.15, -0.1) is 0 Å².